The lowest BCUT2D eigenvalue weighted by atomic mass is 10.0. The van der Waals surface area contributed by atoms with Crippen molar-refractivity contribution in [3.63, 3.8) is 0 Å². The second-order valence-electron chi connectivity index (χ2n) is 5.64. The van der Waals surface area contributed by atoms with Crippen LogP contribution in [0, 0.1) is 5.92 Å². The van der Waals surface area contributed by atoms with Gasteiger partial charge in [-0.25, -0.2) is 0 Å². The van der Waals surface area contributed by atoms with Gasteiger partial charge in [0, 0.05) is 11.3 Å². The molecule has 1 amide bonds. The molecular formula is C17H15N3O2. The minimum absolute atomic E-state index is 0.0519. The summed E-state index contributed by atoms with van der Waals surface area (Å²) in [4.78, 5) is 11.8. The van der Waals surface area contributed by atoms with Gasteiger partial charge < -0.3 is 10.4 Å². The number of carbonyl (C=O) groups is 1. The Morgan fingerprint density at radius 2 is 1.86 bits per heavy atom. The van der Waals surface area contributed by atoms with Crippen LogP contribution in [0.1, 0.15) is 12.8 Å². The topological polar surface area (TPSA) is 78.0 Å². The minimum atomic E-state index is 0.0519. The molecule has 5 nitrogen and oxygen atoms in total. The van der Waals surface area contributed by atoms with Crippen molar-refractivity contribution in [1.29, 1.82) is 0 Å². The maximum absolute atomic E-state index is 11.8. The van der Waals surface area contributed by atoms with Crippen molar-refractivity contribution in [2.75, 3.05) is 5.32 Å². The third-order valence-corrected chi connectivity index (χ3v) is 3.95. The van der Waals surface area contributed by atoms with Gasteiger partial charge in [-0.2, -0.15) is 5.10 Å². The molecule has 1 aromatic heterocycles. The number of hydrogen-bond acceptors (Lipinski definition) is 3. The molecule has 22 heavy (non-hydrogen) atoms. The van der Waals surface area contributed by atoms with Crippen LogP contribution in [-0.2, 0) is 4.79 Å². The van der Waals surface area contributed by atoms with Crippen LogP contribution in [-0.4, -0.2) is 21.2 Å². The summed E-state index contributed by atoms with van der Waals surface area (Å²) in [6.07, 6.45) is 1.94. The van der Waals surface area contributed by atoms with Gasteiger partial charge in [-0.3, -0.25) is 9.89 Å². The van der Waals surface area contributed by atoms with Crippen molar-refractivity contribution in [2.45, 2.75) is 12.8 Å². The molecule has 4 rings (SSSR count). The number of amides is 1. The summed E-state index contributed by atoms with van der Waals surface area (Å²) in [5.41, 5.74) is 2.91. The Bertz CT molecular complexity index is 848. The zero-order valence-corrected chi connectivity index (χ0v) is 11.8. The lowest BCUT2D eigenvalue weighted by Crippen LogP contribution is -2.13. The van der Waals surface area contributed by atoms with Crippen LogP contribution in [0.25, 0.3) is 22.0 Å². The van der Waals surface area contributed by atoms with Crippen molar-refractivity contribution >= 4 is 22.6 Å². The Balaban J connectivity index is 1.67. The standard InChI is InChI=1S/C17H15N3O2/c21-13-6-3-10(4-7-13)12-5-8-14-15(9-12)19-20-16(14)18-17(22)11-1-2-11/h3-9,11,21H,1-2H2,(H2,18,19,20,22). The number of rotatable bonds is 3. The molecule has 1 saturated carbocycles. The number of aromatic hydroxyl groups is 1. The highest BCUT2D eigenvalue weighted by atomic mass is 16.3. The number of aromatic amines is 1. The Morgan fingerprint density at radius 1 is 1.14 bits per heavy atom. The fourth-order valence-corrected chi connectivity index (χ4v) is 2.51. The fraction of sp³-hybridized carbons (Fsp3) is 0.176. The van der Waals surface area contributed by atoms with Crippen LogP contribution in [0.3, 0.4) is 0 Å². The molecule has 5 heteroatoms. The lowest BCUT2D eigenvalue weighted by molar-refractivity contribution is -0.117. The van der Waals surface area contributed by atoms with E-state index in [-0.39, 0.29) is 17.6 Å². The van der Waals surface area contributed by atoms with Crippen molar-refractivity contribution in [3.8, 4) is 16.9 Å². The summed E-state index contributed by atoms with van der Waals surface area (Å²) >= 11 is 0. The third kappa shape index (κ3) is 2.30. The van der Waals surface area contributed by atoms with E-state index in [0.29, 0.717) is 5.82 Å². The minimum Gasteiger partial charge on any atom is -0.508 e. The van der Waals surface area contributed by atoms with Crippen molar-refractivity contribution < 1.29 is 9.90 Å². The molecule has 0 spiro atoms. The SMILES string of the molecule is O=C(Nc1n[nH]c2cc(-c3ccc(O)cc3)ccc12)C1CC1. The fourth-order valence-electron chi connectivity index (χ4n) is 2.51. The smallest absolute Gasteiger partial charge is 0.228 e. The van der Waals surface area contributed by atoms with E-state index in [2.05, 4.69) is 15.5 Å². The van der Waals surface area contributed by atoms with Gasteiger partial charge in [-0.05, 0) is 48.2 Å². The molecule has 1 aliphatic carbocycles. The molecule has 1 heterocycles. The molecule has 3 N–H and O–H groups in total. The summed E-state index contributed by atoms with van der Waals surface area (Å²) < 4.78 is 0. The van der Waals surface area contributed by atoms with Gasteiger partial charge in [0.05, 0.1) is 5.52 Å². The predicted molar refractivity (Wildman–Crippen MR) is 84.5 cm³/mol. The second kappa shape index (κ2) is 4.87. The number of anilines is 1. The average molecular weight is 293 g/mol. The van der Waals surface area contributed by atoms with Crippen molar-refractivity contribution in [3.05, 3.63) is 42.5 Å². The van der Waals surface area contributed by atoms with Crippen LogP contribution in [0.2, 0.25) is 0 Å². The number of phenols is 1. The average Bonchev–Trinajstić information content (AvgIpc) is 3.31. The Morgan fingerprint density at radius 3 is 2.59 bits per heavy atom. The van der Waals surface area contributed by atoms with E-state index >= 15 is 0 Å². The number of carbonyl (C=O) groups excluding carboxylic acids is 1. The summed E-state index contributed by atoms with van der Waals surface area (Å²) in [6.45, 7) is 0. The second-order valence-corrected chi connectivity index (χ2v) is 5.64. The number of H-pyrrole nitrogens is 1. The molecule has 2 aromatic carbocycles. The van der Waals surface area contributed by atoms with E-state index < -0.39 is 0 Å². The molecule has 0 aliphatic heterocycles. The first-order valence-corrected chi connectivity index (χ1v) is 7.29. The first-order chi connectivity index (χ1) is 10.7. The Kier molecular flexibility index (Phi) is 2.85. The van der Waals surface area contributed by atoms with Crippen LogP contribution >= 0.6 is 0 Å². The number of nitrogens with zero attached hydrogens (tertiary/aromatic N) is 1. The maximum atomic E-state index is 11.8. The largest absolute Gasteiger partial charge is 0.508 e. The highest BCUT2D eigenvalue weighted by Gasteiger charge is 2.30. The van der Waals surface area contributed by atoms with Crippen molar-refractivity contribution in [2.24, 2.45) is 5.92 Å². The highest BCUT2D eigenvalue weighted by molar-refractivity contribution is 6.02. The molecular weight excluding hydrogens is 278 g/mol. The first kappa shape index (κ1) is 12.9. The van der Waals surface area contributed by atoms with Gasteiger partial charge in [-0.15, -0.1) is 0 Å². The molecule has 0 bridgehead atoms. The van der Waals surface area contributed by atoms with E-state index in [1.165, 1.54) is 0 Å². The van der Waals surface area contributed by atoms with E-state index in [4.69, 9.17) is 0 Å². The number of phenolic OH excluding ortho intramolecular Hbond substituents is 1. The Hall–Kier alpha value is -2.82. The zero-order valence-electron chi connectivity index (χ0n) is 11.8. The lowest BCUT2D eigenvalue weighted by Gasteiger charge is -2.03. The molecule has 0 saturated heterocycles. The number of aromatic nitrogens is 2. The summed E-state index contributed by atoms with van der Waals surface area (Å²) in [6, 6.07) is 13.0. The van der Waals surface area contributed by atoms with E-state index in [1.54, 1.807) is 12.1 Å². The molecule has 1 fully saturated rings. The number of nitrogens with one attached hydrogen (secondary N) is 2. The van der Waals surface area contributed by atoms with Gasteiger partial charge in [0.15, 0.2) is 5.82 Å². The number of benzene rings is 2. The van der Waals surface area contributed by atoms with E-state index in [0.717, 1.165) is 34.9 Å². The van der Waals surface area contributed by atoms with Crippen LogP contribution in [0.15, 0.2) is 42.5 Å². The van der Waals surface area contributed by atoms with Crippen LogP contribution < -0.4 is 5.32 Å². The quantitative estimate of drug-likeness (QED) is 0.693. The van der Waals surface area contributed by atoms with Gasteiger partial charge in [0.1, 0.15) is 5.75 Å². The molecule has 0 atom stereocenters. The van der Waals surface area contributed by atoms with Crippen molar-refractivity contribution in [1.82, 2.24) is 10.2 Å². The van der Waals surface area contributed by atoms with Gasteiger partial charge >= 0.3 is 0 Å². The predicted octanol–water partition coefficient (Wildman–Crippen LogP) is 3.28. The molecule has 0 radical (unpaired) electrons. The van der Waals surface area contributed by atoms with E-state index in [9.17, 15) is 9.90 Å². The molecule has 1 aliphatic rings. The highest BCUT2D eigenvalue weighted by Crippen LogP contribution is 2.32. The normalized spacial score (nSPS) is 14.2. The monoisotopic (exact) mass is 293 g/mol. The van der Waals surface area contributed by atoms with Gasteiger partial charge in [0.2, 0.25) is 5.91 Å². The summed E-state index contributed by atoms with van der Waals surface area (Å²) in [5.74, 6) is 1.04. The molecule has 0 unspecified atom stereocenters. The number of hydrogen-bond donors (Lipinski definition) is 3. The molecule has 3 aromatic rings. The number of fused-ring (bicyclic) bond motifs is 1. The van der Waals surface area contributed by atoms with Gasteiger partial charge in [-0.1, -0.05) is 18.2 Å². The maximum Gasteiger partial charge on any atom is 0.228 e. The zero-order chi connectivity index (χ0) is 15.1. The molecule has 110 valence electrons. The third-order valence-electron chi connectivity index (χ3n) is 3.95. The van der Waals surface area contributed by atoms with Crippen LogP contribution in [0.4, 0.5) is 5.82 Å². The van der Waals surface area contributed by atoms with E-state index in [1.807, 2.05) is 30.3 Å². The van der Waals surface area contributed by atoms with Crippen LogP contribution in [0.5, 0.6) is 5.75 Å². The van der Waals surface area contributed by atoms with Gasteiger partial charge in [0.25, 0.3) is 0 Å². The summed E-state index contributed by atoms with van der Waals surface area (Å²) in [5, 5.41) is 20.3. The first-order valence-electron chi connectivity index (χ1n) is 7.29. The summed E-state index contributed by atoms with van der Waals surface area (Å²) in [7, 11) is 0. The Labute approximate surface area is 127 Å².